The molecule has 0 aliphatic carbocycles. The van der Waals surface area contributed by atoms with Crippen molar-refractivity contribution in [2.45, 2.75) is 25.9 Å². The fraction of sp³-hybridized carbons (Fsp3) is 0.250. The Balaban J connectivity index is 1.62. The van der Waals surface area contributed by atoms with Gasteiger partial charge in [0.15, 0.2) is 11.9 Å². The molecule has 3 aromatic rings. The van der Waals surface area contributed by atoms with Gasteiger partial charge in [0.2, 0.25) is 11.8 Å². The van der Waals surface area contributed by atoms with E-state index >= 15 is 0 Å². The Morgan fingerprint density at radius 3 is 2.72 bits per heavy atom. The van der Waals surface area contributed by atoms with E-state index < -0.39 is 12.0 Å². The van der Waals surface area contributed by atoms with Gasteiger partial charge in [0.05, 0.1) is 17.3 Å². The van der Waals surface area contributed by atoms with Crippen LogP contribution in [0, 0.1) is 6.92 Å². The highest BCUT2D eigenvalue weighted by Gasteiger charge is 2.31. The van der Waals surface area contributed by atoms with E-state index in [0.29, 0.717) is 23.2 Å². The molecule has 2 aromatic heterocycles. The Hall–Kier alpha value is -3.36. The molecule has 1 N–H and O–H groups in total. The third-order valence-electron chi connectivity index (χ3n) is 4.04. The van der Waals surface area contributed by atoms with Crippen molar-refractivity contribution in [3.63, 3.8) is 0 Å². The minimum atomic E-state index is -0.987. The number of aryl methyl sites for hydroxylation is 1. The van der Waals surface area contributed by atoms with Crippen LogP contribution in [-0.2, 0) is 0 Å². The second-order valence-corrected chi connectivity index (χ2v) is 5.82. The molecule has 0 bridgehead atoms. The van der Waals surface area contributed by atoms with E-state index in [-0.39, 0.29) is 11.6 Å². The van der Waals surface area contributed by atoms with Crippen molar-refractivity contribution in [1.29, 1.82) is 0 Å². The maximum Gasteiger partial charge on any atom is 0.335 e. The molecule has 3 heterocycles. The highest BCUT2D eigenvalue weighted by molar-refractivity contribution is 5.88. The van der Waals surface area contributed by atoms with Gasteiger partial charge in [0.25, 0.3) is 0 Å². The second kappa shape index (κ2) is 5.62. The first-order valence-corrected chi connectivity index (χ1v) is 7.67. The molecule has 0 saturated heterocycles. The fourth-order valence-corrected chi connectivity index (χ4v) is 2.71. The molecule has 0 amide bonds. The maximum absolute atomic E-state index is 10.9. The van der Waals surface area contributed by atoms with Gasteiger partial charge in [-0.2, -0.15) is 10.2 Å². The minimum absolute atomic E-state index is 0.108. The van der Waals surface area contributed by atoms with Crippen LogP contribution in [0.4, 0.5) is 5.82 Å². The fourth-order valence-electron chi connectivity index (χ4n) is 2.71. The van der Waals surface area contributed by atoms with Crippen molar-refractivity contribution in [3.05, 3.63) is 47.5 Å². The summed E-state index contributed by atoms with van der Waals surface area (Å²) in [7, 11) is 0. The lowest BCUT2D eigenvalue weighted by atomic mass is 10.1. The van der Waals surface area contributed by atoms with Crippen LogP contribution in [0.25, 0.3) is 11.5 Å². The van der Waals surface area contributed by atoms with Crippen LogP contribution in [0.2, 0.25) is 0 Å². The van der Waals surface area contributed by atoms with Gasteiger partial charge in [0, 0.05) is 11.6 Å². The lowest BCUT2D eigenvalue weighted by Gasteiger charge is -2.21. The lowest BCUT2D eigenvalue weighted by Crippen LogP contribution is -2.17. The molecular weight excluding hydrogens is 324 g/mol. The third-order valence-corrected chi connectivity index (χ3v) is 4.04. The van der Waals surface area contributed by atoms with Crippen LogP contribution < -0.4 is 0 Å². The molecule has 126 valence electrons. The van der Waals surface area contributed by atoms with E-state index in [1.165, 1.54) is 12.1 Å². The smallest absolute Gasteiger partial charge is 0.335 e. The normalized spacial score (nSPS) is 19.0. The van der Waals surface area contributed by atoms with Crippen LogP contribution in [0.3, 0.4) is 0 Å². The van der Waals surface area contributed by atoms with Gasteiger partial charge in [-0.15, -0.1) is 15.3 Å². The first kappa shape index (κ1) is 15.2. The third kappa shape index (κ3) is 2.59. The molecule has 2 atom stereocenters. The van der Waals surface area contributed by atoms with Crippen molar-refractivity contribution in [2.75, 3.05) is 0 Å². The Morgan fingerprint density at radius 1 is 1.24 bits per heavy atom. The van der Waals surface area contributed by atoms with Gasteiger partial charge in [-0.3, -0.25) is 0 Å². The number of azo groups is 1. The van der Waals surface area contributed by atoms with Crippen LogP contribution in [0.1, 0.15) is 41.0 Å². The molecule has 1 aliphatic rings. The quantitative estimate of drug-likeness (QED) is 0.782. The zero-order valence-corrected chi connectivity index (χ0v) is 13.5. The number of benzene rings is 1. The molecular formula is C16H14N6O3. The number of hydrogen-bond donors (Lipinski definition) is 1. The number of nitrogens with zero attached hydrogens (tertiary/aromatic N) is 6. The number of rotatable bonds is 3. The van der Waals surface area contributed by atoms with Gasteiger partial charge in [-0.25, -0.2) is 9.48 Å². The SMILES string of the molecule is Cc1cc2n(n1)C(C)C(c1nnc(-c3ccc(C(=O)O)cc3)o1)N=N2. The molecule has 4 rings (SSSR count). The summed E-state index contributed by atoms with van der Waals surface area (Å²) in [5.41, 5.74) is 1.70. The maximum atomic E-state index is 10.9. The summed E-state index contributed by atoms with van der Waals surface area (Å²) in [6, 6.07) is 7.56. The number of aromatic carboxylic acids is 1. The standard InChI is InChI=1S/C16H14N6O3/c1-8-7-12-17-18-13(9(2)22(12)21-8)15-20-19-14(25-15)10-3-5-11(6-4-10)16(23)24/h3-7,9,13H,1-2H3,(H,23,24). The van der Waals surface area contributed by atoms with E-state index in [1.807, 2.05) is 19.9 Å². The first-order valence-electron chi connectivity index (χ1n) is 7.67. The number of hydrogen-bond acceptors (Lipinski definition) is 7. The molecule has 1 aromatic carbocycles. The number of carbonyl (C=O) groups is 1. The van der Waals surface area contributed by atoms with Crippen LogP contribution in [0.5, 0.6) is 0 Å². The predicted molar refractivity (Wildman–Crippen MR) is 85.6 cm³/mol. The van der Waals surface area contributed by atoms with E-state index in [2.05, 4.69) is 25.5 Å². The summed E-state index contributed by atoms with van der Waals surface area (Å²) < 4.78 is 7.53. The van der Waals surface area contributed by atoms with Crippen molar-refractivity contribution in [2.24, 2.45) is 10.2 Å². The van der Waals surface area contributed by atoms with Crippen molar-refractivity contribution >= 4 is 11.8 Å². The Kier molecular flexibility index (Phi) is 3.41. The van der Waals surface area contributed by atoms with Gasteiger partial charge >= 0.3 is 5.97 Å². The summed E-state index contributed by atoms with van der Waals surface area (Å²) >= 11 is 0. The summed E-state index contributed by atoms with van der Waals surface area (Å²) in [6.45, 7) is 3.86. The van der Waals surface area contributed by atoms with Crippen LogP contribution >= 0.6 is 0 Å². The molecule has 9 heteroatoms. The number of carboxylic acid groups (broad SMARTS) is 1. The molecule has 1 aliphatic heterocycles. The van der Waals surface area contributed by atoms with Crippen molar-refractivity contribution < 1.29 is 14.3 Å². The predicted octanol–water partition coefficient (Wildman–Crippen LogP) is 3.34. The number of aromatic nitrogens is 4. The monoisotopic (exact) mass is 338 g/mol. The zero-order valence-electron chi connectivity index (χ0n) is 13.5. The second-order valence-electron chi connectivity index (χ2n) is 5.82. The van der Waals surface area contributed by atoms with E-state index in [4.69, 9.17) is 9.52 Å². The van der Waals surface area contributed by atoms with Gasteiger partial charge in [0.1, 0.15) is 0 Å². The van der Waals surface area contributed by atoms with Crippen LogP contribution in [-0.4, -0.2) is 31.1 Å². The Labute approximate surface area is 142 Å². The molecule has 0 saturated carbocycles. The van der Waals surface area contributed by atoms with Crippen molar-refractivity contribution in [3.8, 4) is 11.5 Å². The molecule has 0 fully saturated rings. The molecule has 25 heavy (non-hydrogen) atoms. The summed E-state index contributed by atoms with van der Waals surface area (Å²) in [4.78, 5) is 10.9. The summed E-state index contributed by atoms with van der Waals surface area (Å²) in [5.74, 6) is 0.355. The average Bonchev–Trinajstić information content (AvgIpc) is 3.22. The Bertz CT molecular complexity index is 972. The molecule has 0 radical (unpaired) electrons. The van der Waals surface area contributed by atoms with Gasteiger partial charge < -0.3 is 9.52 Å². The molecule has 0 spiro atoms. The van der Waals surface area contributed by atoms with E-state index in [0.717, 1.165) is 5.69 Å². The van der Waals surface area contributed by atoms with Crippen LogP contribution in [0.15, 0.2) is 45.0 Å². The van der Waals surface area contributed by atoms with E-state index in [9.17, 15) is 4.79 Å². The summed E-state index contributed by atoms with van der Waals surface area (Å²) in [6.07, 6.45) is 0. The largest absolute Gasteiger partial charge is 0.478 e. The number of carboxylic acids is 1. The van der Waals surface area contributed by atoms with E-state index in [1.54, 1.807) is 16.8 Å². The molecule has 9 nitrogen and oxygen atoms in total. The highest BCUT2D eigenvalue weighted by Crippen LogP contribution is 2.38. The Morgan fingerprint density at radius 2 is 2.00 bits per heavy atom. The topological polar surface area (TPSA) is 119 Å². The average molecular weight is 338 g/mol. The van der Waals surface area contributed by atoms with Gasteiger partial charge in [-0.05, 0) is 38.1 Å². The summed E-state index contributed by atoms with van der Waals surface area (Å²) in [5, 5.41) is 29.9. The minimum Gasteiger partial charge on any atom is -0.478 e. The van der Waals surface area contributed by atoms with Gasteiger partial charge in [-0.1, -0.05) is 0 Å². The van der Waals surface area contributed by atoms with Crippen molar-refractivity contribution in [1.82, 2.24) is 20.0 Å². The highest BCUT2D eigenvalue weighted by atomic mass is 16.4. The molecule has 2 unspecified atom stereocenters. The first-order chi connectivity index (χ1) is 12.0. The number of fused-ring (bicyclic) bond motifs is 1. The lowest BCUT2D eigenvalue weighted by molar-refractivity contribution is 0.0697. The zero-order chi connectivity index (χ0) is 17.6.